The molecule has 1 aliphatic rings. The maximum absolute atomic E-state index is 13.1. The van der Waals surface area contributed by atoms with Gasteiger partial charge in [0.05, 0.1) is 27.8 Å². The van der Waals surface area contributed by atoms with Gasteiger partial charge in [0.1, 0.15) is 0 Å². The van der Waals surface area contributed by atoms with Gasteiger partial charge in [0.2, 0.25) is 15.7 Å². The fraction of sp³-hybridized carbons (Fsp3) is 0.238. The lowest BCUT2D eigenvalue weighted by Gasteiger charge is -2.30. The van der Waals surface area contributed by atoms with E-state index in [1.807, 2.05) is 0 Å². The normalized spacial score (nSPS) is 14.0. The highest BCUT2D eigenvalue weighted by Crippen LogP contribution is 2.44. The van der Waals surface area contributed by atoms with E-state index in [4.69, 9.17) is 4.74 Å². The molecular formula is C21H21NO5S. The summed E-state index contributed by atoms with van der Waals surface area (Å²) in [5.41, 5.74) is 1.84. The molecule has 1 aliphatic heterocycles. The van der Waals surface area contributed by atoms with E-state index in [1.165, 1.54) is 17.9 Å². The number of esters is 1. The van der Waals surface area contributed by atoms with Crippen molar-refractivity contribution in [3.8, 4) is 0 Å². The summed E-state index contributed by atoms with van der Waals surface area (Å²) in [6.07, 6.45) is 1.08. The molecule has 6 nitrogen and oxygen atoms in total. The smallest absolute Gasteiger partial charge is 0.333 e. The Bertz CT molecular complexity index is 1070. The van der Waals surface area contributed by atoms with Crippen LogP contribution in [0.15, 0.2) is 64.4 Å². The molecule has 0 fully saturated rings. The zero-order valence-corrected chi connectivity index (χ0v) is 16.6. The number of sulfone groups is 1. The van der Waals surface area contributed by atoms with Gasteiger partial charge in [-0.3, -0.25) is 9.69 Å². The first kappa shape index (κ1) is 19.8. The number of rotatable bonds is 5. The van der Waals surface area contributed by atoms with E-state index in [-0.39, 0.29) is 22.3 Å². The average Bonchev–Trinajstić information content (AvgIpc) is 2.65. The second kappa shape index (κ2) is 7.59. The second-order valence-electron chi connectivity index (χ2n) is 6.65. The Kier molecular flexibility index (Phi) is 5.38. The molecule has 0 spiro atoms. The third-order valence-electron chi connectivity index (χ3n) is 4.46. The Labute approximate surface area is 164 Å². The topological polar surface area (TPSA) is 80.8 Å². The van der Waals surface area contributed by atoms with E-state index in [0.29, 0.717) is 29.8 Å². The molecule has 1 heterocycles. The van der Waals surface area contributed by atoms with Gasteiger partial charge >= 0.3 is 5.97 Å². The molecule has 0 aliphatic carbocycles. The predicted molar refractivity (Wildman–Crippen MR) is 105 cm³/mol. The van der Waals surface area contributed by atoms with E-state index < -0.39 is 15.8 Å². The summed E-state index contributed by atoms with van der Waals surface area (Å²) >= 11 is 0. The fourth-order valence-corrected chi connectivity index (χ4v) is 4.81. The molecule has 0 aromatic heterocycles. The van der Waals surface area contributed by atoms with Crippen molar-refractivity contribution in [3.63, 3.8) is 0 Å². The molecule has 0 N–H and O–H groups in total. The molecule has 0 saturated carbocycles. The molecule has 3 rings (SSSR count). The number of carbonyl (C=O) groups is 2. The average molecular weight is 399 g/mol. The van der Waals surface area contributed by atoms with Crippen LogP contribution in [0.3, 0.4) is 0 Å². The van der Waals surface area contributed by atoms with Crippen molar-refractivity contribution in [3.05, 3.63) is 60.2 Å². The Hall–Kier alpha value is -2.93. The SMILES string of the molecule is C=C(C)C(=O)OCCCc1ccc2c(c1)S(=O)(=O)c1ccccc1N2C(C)=O. The van der Waals surface area contributed by atoms with Crippen LogP contribution in [0.25, 0.3) is 0 Å². The minimum absolute atomic E-state index is 0.109. The number of benzene rings is 2. The molecule has 146 valence electrons. The molecule has 0 unspecified atom stereocenters. The van der Waals surface area contributed by atoms with Crippen molar-refractivity contribution >= 4 is 33.1 Å². The number of ether oxygens (including phenoxy) is 1. The quantitative estimate of drug-likeness (QED) is 0.436. The summed E-state index contributed by atoms with van der Waals surface area (Å²) in [5.74, 6) is -0.704. The van der Waals surface area contributed by atoms with E-state index in [0.717, 1.165) is 5.56 Å². The van der Waals surface area contributed by atoms with Gasteiger partial charge in [0.25, 0.3) is 0 Å². The first-order chi connectivity index (χ1) is 13.2. The Morgan fingerprint density at radius 1 is 1.04 bits per heavy atom. The zero-order valence-electron chi connectivity index (χ0n) is 15.8. The molecule has 0 saturated heterocycles. The number of para-hydroxylation sites is 1. The van der Waals surface area contributed by atoms with Gasteiger partial charge in [-0.15, -0.1) is 0 Å². The number of anilines is 2. The van der Waals surface area contributed by atoms with Gasteiger partial charge in [-0.2, -0.15) is 0 Å². The van der Waals surface area contributed by atoms with Crippen LogP contribution in [0.5, 0.6) is 0 Å². The lowest BCUT2D eigenvalue weighted by Crippen LogP contribution is -2.30. The summed E-state index contributed by atoms with van der Waals surface area (Å²) < 4.78 is 31.3. The third kappa shape index (κ3) is 3.57. The summed E-state index contributed by atoms with van der Waals surface area (Å²) in [7, 11) is -3.74. The van der Waals surface area contributed by atoms with E-state index >= 15 is 0 Å². The Morgan fingerprint density at radius 2 is 1.71 bits per heavy atom. The van der Waals surface area contributed by atoms with Crippen LogP contribution in [-0.2, 0) is 30.6 Å². The van der Waals surface area contributed by atoms with Gasteiger partial charge in [0, 0.05) is 12.5 Å². The maximum atomic E-state index is 13.1. The summed E-state index contributed by atoms with van der Waals surface area (Å²) in [6.45, 7) is 6.73. The van der Waals surface area contributed by atoms with Gasteiger partial charge in [-0.05, 0) is 49.6 Å². The largest absolute Gasteiger partial charge is 0.462 e. The van der Waals surface area contributed by atoms with Crippen molar-refractivity contribution in [1.82, 2.24) is 0 Å². The fourth-order valence-electron chi connectivity index (χ4n) is 3.13. The lowest BCUT2D eigenvalue weighted by molar-refractivity contribution is -0.139. The Balaban J connectivity index is 1.90. The molecule has 2 aromatic rings. The number of fused-ring (bicyclic) bond motifs is 2. The number of hydrogen-bond donors (Lipinski definition) is 0. The highest BCUT2D eigenvalue weighted by atomic mass is 32.2. The standard InChI is InChI=1S/C21H21NO5S/c1-14(2)21(24)27-12-6-7-16-10-11-18-20(13-16)28(25,26)19-9-5-4-8-17(19)22(18)15(3)23/h4-5,8-11,13H,1,6-7,12H2,2-3H3. The molecule has 7 heteroatoms. The van der Waals surface area contributed by atoms with Gasteiger partial charge < -0.3 is 4.74 Å². The van der Waals surface area contributed by atoms with Crippen molar-refractivity contribution < 1.29 is 22.7 Å². The number of aryl methyl sites for hydroxylation is 1. The number of hydrogen-bond acceptors (Lipinski definition) is 5. The van der Waals surface area contributed by atoms with Crippen molar-refractivity contribution in [2.24, 2.45) is 0 Å². The molecule has 28 heavy (non-hydrogen) atoms. The zero-order chi connectivity index (χ0) is 20.5. The van der Waals surface area contributed by atoms with E-state index in [1.54, 1.807) is 43.3 Å². The monoisotopic (exact) mass is 399 g/mol. The summed E-state index contributed by atoms with van der Waals surface area (Å²) in [5, 5.41) is 0. The molecular weight excluding hydrogens is 378 g/mol. The van der Waals surface area contributed by atoms with E-state index in [2.05, 4.69) is 6.58 Å². The van der Waals surface area contributed by atoms with Crippen LogP contribution >= 0.6 is 0 Å². The molecule has 1 amide bonds. The predicted octanol–water partition coefficient (Wildman–Crippen LogP) is 3.57. The van der Waals surface area contributed by atoms with Crippen molar-refractivity contribution in [1.29, 1.82) is 0 Å². The molecule has 0 atom stereocenters. The molecule has 0 radical (unpaired) electrons. The minimum Gasteiger partial charge on any atom is -0.462 e. The number of nitrogens with zero attached hydrogens (tertiary/aromatic N) is 1. The first-order valence-corrected chi connectivity index (χ1v) is 10.3. The van der Waals surface area contributed by atoms with Crippen molar-refractivity contribution in [2.45, 2.75) is 36.5 Å². The summed E-state index contributed by atoms with van der Waals surface area (Å²) in [6, 6.07) is 11.5. The van der Waals surface area contributed by atoms with Crippen LogP contribution in [0.2, 0.25) is 0 Å². The maximum Gasteiger partial charge on any atom is 0.333 e. The summed E-state index contributed by atoms with van der Waals surface area (Å²) in [4.78, 5) is 25.3. The minimum atomic E-state index is -3.74. The van der Waals surface area contributed by atoms with Gasteiger partial charge in [0.15, 0.2) is 0 Å². The van der Waals surface area contributed by atoms with Crippen LogP contribution in [0.1, 0.15) is 25.8 Å². The third-order valence-corrected chi connectivity index (χ3v) is 6.29. The van der Waals surface area contributed by atoms with E-state index in [9.17, 15) is 18.0 Å². The number of amides is 1. The van der Waals surface area contributed by atoms with Crippen LogP contribution in [0, 0.1) is 0 Å². The van der Waals surface area contributed by atoms with Crippen LogP contribution in [0.4, 0.5) is 11.4 Å². The number of carbonyl (C=O) groups excluding carboxylic acids is 2. The lowest BCUT2D eigenvalue weighted by atomic mass is 10.1. The second-order valence-corrected chi connectivity index (χ2v) is 8.53. The van der Waals surface area contributed by atoms with Crippen LogP contribution in [-0.4, -0.2) is 26.9 Å². The van der Waals surface area contributed by atoms with Gasteiger partial charge in [-0.25, -0.2) is 13.2 Å². The Morgan fingerprint density at radius 3 is 2.39 bits per heavy atom. The highest BCUT2D eigenvalue weighted by Gasteiger charge is 2.35. The van der Waals surface area contributed by atoms with Crippen LogP contribution < -0.4 is 4.90 Å². The first-order valence-electron chi connectivity index (χ1n) is 8.84. The molecule has 2 aromatic carbocycles. The highest BCUT2D eigenvalue weighted by molar-refractivity contribution is 7.92. The van der Waals surface area contributed by atoms with Gasteiger partial charge in [-0.1, -0.05) is 24.8 Å². The van der Waals surface area contributed by atoms with Crippen molar-refractivity contribution in [2.75, 3.05) is 11.5 Å². The molecule has 0 bridgehead atoms.